The second-order valence-electron chi connectivity index (χ2n) is 4.68. The first-order chi connectivity index (χ1) is 9.79. The number of thiazole rings is 1. The van der Waals surface area contributed by atoms with Crippen molar-refractivity contribution in [1.29, 1.82) is 0 Å². The lowest BCUT2D eigenvalue weighted by atomic mass is 10.2. The van der Waals surface area contributed by atoms with E-state index in [0.29, 0.717) is 0 Å². The third-order valence-electron chi connectivity index (χ3n) is 3.21. The van der Waals surface area contributed by atoms with Crippen molar-refractivity contribution in [3.8, 4) is 0 Å². The number of rotatable bonds is 5. The van der Waals surface area contributed by atoms with E-state index in [1.165, 1.54) is 11.3 Å². The number of pyridine rings is 1. The Morgan fingerprint density at radius 2 is 2.15 bits per heavy atom. The molecule has 3 aromatic heterocycles. The summed E-state index contributed by atoms with van der Waals surface area (Å²) in [6.07, 6.45) is 5.72. The lowest BCUT2D eigenvalue weighted by Gasteiger charge is -2.18. The van der Waals surface area contributed by atoms with Crippen LogP contribution < -0.4 is 10.2 Å². The van der Waals surface area contributed by atoms with Crippen molar-refractivity contribution in [2.45, 2.75) is 13.1 Å². The number of imidazole rings is 1. The Balaban J connectivity index is 1.92. The molecular weight excluding hydrogens is 270 g/mol. The minimum absolute atomic E-state index is 0.800. The summed E-state index contributed by atoms with van der Waals surface area (Å²) in [6.45, 7) is 1.62. The van der Waals surface area contributed by atoms with Crippen LogP contribution in [0.1, 0.15) is 11.3 Å². The van der Waals surface area contributed by atoms with Crippen molar-refractivity contribution in [3.05, 3.63) is 47.4 Å². The molecule has 0 unspecified atom stereocenters. The molecule has 3 rings (SSSR count). The van der Waals surface area contributed by atoms with Gasteiger partial charge >= 0.3 is 0 Å². The van der Waals surface area contributed by atoms with Crippen LogP contribution in [0.15, 0.2) is 36.1 Å². The number of anilines is 1. The molecule has 0 saturated heterocycles. The van der Waals surface area contributed by atoms with Gasteiger partial charge in [-0.05, 0) is 24.7 Å². The van der Waals surface area contributed by atoms with Gasteiger partial charge in [0.2, 0.25) is 0 Å². The predicted molar refractivity (Wildman–Crippen MR) is 82.2 cm³/mol. The highest BCUT2D eigenvalue weighted by Gasteiger charge is 2.16. The lowest BCUT2D eigenvalue weighted by Crippen LogP contribution is -2.20. The molecule has 0 atom stereocenters. The number of nitrogens with one attached hydrogen (secondary N) is 1. The molecule has 6 heteroatoms. The molecule has 0 spiro atoms. The maximum atomic E-state index is 4.74. The lowest BCUT2D eigenvalue weighted by molar-refractivity contribution is 0.772. The van der Waals surface area contributed by atoms with Crippen LogP contribution in [0.25, 0.3) is 4.96 Å². The molecule has 0 aliphatic carbocycles. The highest BCUT2D eigenvalue weighted by molar-refractivity contribution is 7.15. The van der Waals surface area contributed by atoms with Gasteiger partial charge in [0.15, 0.2) is 10.8 Å². The largest absolute Gasteiger partial charge is 0.354 e. The summed E-state index contributed by atoms with van der Waals surface area (Å²) in [6, 6.07) is 4.07. The highest BCUT2D eigenvalue weighted by Crippen LogP contribution is 2.24. The van der Waals surface area contributed by atoms with Gasteiger partial charge < -0.3 is 10.2 Å². The molecule has 3 aromatic rings. The summed E-state index contributed by atoms with van der Waals surface area (Å²) in [5, 5.41) is 5.28. The Morgan fingerprint density at radius 3 is 2.90 bits per heavy atom. The van der Waals surface area contributed by atoms with Gasteiger partial charge in [0.25, 0.3) is 0 Å². The monoisotopic (exact) mass is 287 g/mol. The summed E-state index contributed by atoms with van der Waals surface area (Å²) >= 11 is 1.66. The third-order valence-corrected chi connectivity index (χ3v) is 3.97. The second-order valence-corrected chi connectivity index (χ2v) is 5.55. The quantitative estimate of drug-likeness (QED) is 0.781. The fourth-order valence-electron chi connectivity index (χ4n) is 2.30. The van der Waals surface area contributed by atoms with Crippen molar-refractivity contribution >= 4 is 22.1 Å². The van der Waals surface area contributed by atoms with E-state index in [0.717, 1.165) is 23.9 Å². The Labute approximate surface area is 121 Å². The standard InChI is InChI=1S/C14H17N5S/c1-15-9-12-13(17-14-19(12)7-8-20-14)18(2)10-11-3-5-16-6-4-11/h3-8,15H,9-10H2,1-2H3. The van der Waals surface area contributed by atoms with E-state index < -0.39 is 0 Å². The number of aromatic nitrogens is 3. The minimum Gasteiger partial charge on any atom is -0.354 e. The molecule has 3 heterocycles. The van der Waals surface area contributed by atoms with Gasteiger partial charge in [-0.3, -0.25) is 9.38 Å². The van der Waals surface area contributed by atoms with Crippen LogP contribution in [0.2, 0.25) is 0 Å². The molecule has 0 saturated carbocycles. The number of hydrogen-bond donors (Lipinski definition) is 1. The van der Waals surface area contributed by atoms with Crippen LogP contribution in [-0.2, 0) is 13.1 Å². The van der Waals surface area contributed by atoms with Gasteiger partial charge in [-0.25, -0.2) is 4.98 Å². The average molecular weight is 287 g/mol. The van der Waals surface area contributed by atoms with E-state index in [1.807, 2.05) is 31.6 Å². The van der Waals surface area contributed by atoms with Gasteiger partial charge in [0.05, 0.1) is 5.69 Å². The average Bonchev–Trinajstić information content (AvgIpc) is 3.03. The summed E-state index contributed by atoms with van der Waals surface area (Å²) in [5.74, 6) is 1.03. The van der Waals surface area contributed by atoms with Gasteiger partial charge in [-0.2, -0.15) is 0 Å². The SMILES string of the molecule is CNCc1c(N(C)Cc2ccncc2)nc2sccn12. The molecule has 20 heavy (non-hydrogen) atoms. The van der Waals surface area contributed by atoms with E-state index in [4.69, 9.17) is 4.98 Å². The first-order valence-corrected chi connectivity index (χ1v) is 7.36. The zero-order valence-electron chi connectivity index (χ0n) is 11.6. The summed E-state index contributed by atoms with van der Waals surface area (Å²) in [4.78, 5) is 12.0. The zero-order valence-corrected chi connectivity index (χ0v) is 12.4. The normalized spacial score (nSPS) is 11.1. The van der Waals surface area contributed by atoms with Crippen LogP contribution in [0.4, 0.5) is 5.82 Å². The third kappa shape index (κ3) is 2.39. The van der Waals surface area contributed by atoms with Crippen LogP contribution in [-0.4, -0.2) is 28.5 Å². The van der Waals surface area contributed by atoms with Crippen molar-refractivity contribution in [1.82, 2.24) is 19.7 Å². The highest BCUT2D eigenvalue weighted by atomic mass is 32.1. The number of fused-ring (bicyclic) bond motifs is 1. The van der Waals surface area contributed by atoms with Gasteiger partial charge in [-0.15, -0.1) is 11.3 Å². The fraction of sp³-hybridized carbons (Fsp3) is 0.286. The van der Waals surface area contributed by atoms with Crippen molar-refractivity contribution in [2.75, 3.05) is 19.0 Å². The predicted octanol–water partition coefficient (Wildman–Crippen LogP) is 2.15. The minimum atomic E-state index is 0.800. The molecule has 0 radical (unpaired) electrons. The van der Waals surface area contributed by atoms with E-state index in [2.05, 4.69) is 38.2 Å². The smallest absolute Gasteiger partial charge is 0.195 e. The molecule has 104 valence electrons. The molecule has 0 fully saturated rings. The summed E-state index contributed by atoms with van der Waals surface area (Å²) in [5.41, 5.74) is 2.43. The Bertz CT molecular complexity index is 688. The van der Waals surface area contributed by atoms with Gasteiger partial charge in [0.1, 0.15) is 0 Å². The zero-order chi connectivity index (χ0) is 13.9. The van der Waals surface area contributed by atoms with E-state index >= 15 is 0 Å². The van der Waals surface area contributed by atoms with E-state index in [1.54, 1.807) is 11.3 Å². The molecule has 1 N–H and O–H groups in total. The molecular formula is C14H17N5S. The fourth-order valence-corrected chi connectivity index (χ4v) is 3.02. The summed E-state index contributed by atoms with van der Waals surface area (Å²) in [7, 11) is 4.03. The van der Waals surface area contributed by atoms with Crippen LogP contribution in [0.5, 0.6) is 0 Å². The van der Waals surface area contributed by atoms with E-state index in [9.17, 15) is 0 Å². The molecule has 0 amide bonds. The number of hydrogen-bond acceptors (Lipinski definition) is 5. The Morgan fingerprint density at radius 1 is 1.35 bits per heavy atom. The summed E-state index contributed by atoms with van der Waals surface area (Å²) < 4.78 is 2.15. The second kappa shape index (κ2) is 5.60. The molecule has 5 nitrogen and oxygen atoms in total. The topological polar surface area (TPSA) is 45.5 Å². The molecule has 0 bridgehead atoms. The number of nitrogens with zero attached hydrogens (tertiary/aromatic N) is 4. The molecule has 0 aromatic carbocycles. The van der Waals surface area contributed by atoms with Gasteiger partial charge in [-0.1, -0.05) is 0 Å². The van der Waals surface area contributed by atoms with Crippen LogP contribution in [0.3, 0.4) is 0 Å². The Kier molecular flexibility index (Phi) is 3.66. The van der Waals surface area contributed by atoms with E-state index in [-0.39, 0.29) is 0 Å². The Hall–Kier alpha value is -1.92. The maximum Gasteiger partial charge on any atom is 0.195 e. The first-order valence-electron chi connectivity index (χ1n) is 6.48. The van der Waals surface area contributed by atoms with Crippen molar-refractivity contribution < 1.29 is 0 Å². The van der Waals surface area contributed by atoms with Crippen molar-refractivity contribution in [3.63, 3.8) is 0 Å². The van der Waals surface area contributed by atoms with Crippen LogP contribution >= 0.6 is 11.3 Å². The maximum absolute atomic E-state index is 4.74. The molecule has 0 aliphatic rings. The van der Waals surface area contributed by atoms with Gasteiger partial charge in [0, 0.05) is 44.1 Å². The molecule has 0 aliphatic heterocycles. The van der Waals surface area contributed by atoms with Crippen LogP contribution in [0, 0.1) is 0 Å². The first kappa shape index (κ1) is 13.1. The van der Waals surface area contributed by atoms with Crippen molar-refractivity contribution in [2.24, 2.45) is 0 Å².